The van der Waals surface area contributed by atoms with Crippen LogP contribution in [0.3, 0.4) is 0 Å². The maximum absolute atomic E-state index is 6.23. The van der Waals surface area contributed by atoms with E-state index in [1.807, 2.05) is 25.2 Å². The molecule has 0 aliphatic heterocycles. The second kappa shape index (κ2) is 5.87. The van der Waals surface area contributed by atoms with E-state index in [4.69, 9.17) is 15.0 Å². The molecule has 114 valence electrons. The number of aryl methyl sites for hydroxylation is 1. The molecule has 5 nitrogen and oxygen atoms in total. The van der Waals surface area contributed by atoms with Gasteiger partial charge < -0.3 is 15.0 Å². The maximum Gasteiger partial charge on any atom is 0.234 e. The van der Waals surface area contributed by atoms with Gasteiger partial charge in [0.05, 0.1) is 12.5 Å². The average Bonchev–Trinajstić information content (AvgIpc) is 3.13. The lowest BCUT2D eigenvalue weighted by atomic mass is 9.88. The summed E-state index contributed by atoms with van der Waals surface area (Å²) in [4.78, 5) is 6.00. The zero-order chi connectivity index (χ0) is 14.9. The molecule has 2 heterocycles. The molecule has 2 aromatic heterocycles. The highest BCUT2D eigenvalue weighted by molar-refractivity contribution is 7.10. The average molecular weight is 307 g/mol. The minimum absolute atomic E-state index is 0.212. The first kappa shape index (κ1) is 14.7. The predicted molar refractivity (Wildman–Crippen MR) is 81.4 cm³/mol. The molecule has 0 saturated carbocycles. The minimum atomic E-state index is -0.718. The van der Waals surface area contributed by atoms with E-state index in [1.54, 1.807) is 0 Å². The van der Waals surface area contributed by atoms with Gasteiger partial charge in [0.25, 0.3) is 0 Å². The van der Waals surface area contributed by atoms with E-state index in [0.717, 1.165) is 19.3 Å². The monoisotopic (exact) mass is 307 g/mol. The van der Waals surface area contributed by atoms with Gasteiger partial charge in [-0.05, 0) is 50.1 Å². The van der Waals surface area contributed by atoms with Crippen LogP contribution in [0, 0.1) is 0 Å². The van der Waals surface area contributed by atoms with Crippen LogP contribution in [-0.2, 0) is 16.7 Å². The van der Waals surface area contributed by atoms with Crippen molar-refractivity contribution in [3.05, 3.63) is 33.6 Å². The Hall–Kier alpha value is -1.24. The van der Waals surface area contributed by atoms with Crippen LogP contribution in [0.2, 0.25) is 0 Å². The van der Waals surface area contributed by atoms with Crippen molar-refractivity contribution in [2.24, 2.45) is 5.73 Å². The van der Waals surface area contributed by atoms with Gasteiger partial charge in [-0.3, -0.25) is 0 Å². The molecule has 6 heteroatoms. The molecule has 3 rings (SSSR count). The molecule has 2 aromatic rings. The zero-order valence-electron chi connectivity index (χ0n) is 12.5. The first-order valence-corrected chi connectivity index (χ1v) is 8.26. The number of thiophene rings is 1. The summed E-state index contributed by atoms with van der Waals surface area (Å²) in [5, 5.41) is 6.23. The zero-order valence-corrected chi connectivity index (χ0v) is 13.3. The number of hydrogen-bond acceptors (Lipinski definition) is 6. The molecule has 2 N–H and O–H groups in total. The SMILES string of the molecule is CCOCC(C)(N)c1noc(C2CCCc3sccc32)n1. The first-order valence-electron chi connectivity index (χ1n) is 7.39. The number of rotatable bonds is 5. The summed E-state index contributed by atoms with van der Waals surface area (Å²) >= 11 is 1.81. The van der Waals surface area contributed by atoms with Gasteiger partial charge in [-0.25, -0.2) is 0 Å². The molecule has 0 radical (unpaired) electrons. The summed E-state index contributed by atoms with van der Waals surface area (Å²) in [5.41, 5.74) is 6.85. The summed E-state index contributed by atoms with van der Waals surface area (Å²) in [6, 6.07) is 2.18. The minimum Gasteiger partial charge on any atom is -0.379 e. The van der Waals surface area contributed by atoms with Gasteiger partial charge in [0.15, 0.2) is 5.82 Å². The summed E-state index contributed by atoms with van der Waals surface area (Å²) in [6.45, 7) is 4.82. The Balaban J connectivity index is 1.83. The molecule has 0 saturated heterocycles. The maximum atomic E-state index is 6.23. The Morgan fingerprint density at radius 3 is 3.24 bits per heavy atom. The standard InChI is InChI=1S/C15H21N3O2S/c1-3-19-9-15(2,16)14-17-13(20-18-14)11-5-4-6-12-10(11)7-8-21-12/h7-8,11H,3-6,9,16H2,1-2H3. The number of fused-ring (bicyclic) bond motifs is 1. The quantitative estimate of drug-likeness (QED) is 0.919. The molecule has 0 bridgehead atoms. The lowest BCUT2D eigenvalue weighted by Gasteiger charge is -2.20. The molecule has 1 aliphatic rings. The van der Waals surface area contributed by atoms with Crippen molar-refractivity contribution in [3.8, 4) is 0 Å². The molecule has 1 aliphatic carbocycles. The van der Waals surface area contributed by atoms with Gasteiger partial charge in [0.2, 0.25) is 5.89 Å². The molecular weight excluding hydrogens is 286 g/mol. The fourth-order valence-corrected chi connectivity index (χ4v) is 3.72. The van der Waals surface area contributed by atoms with Gasteiger partial charge in [-0.1, -0.05) is 5.16 Å². The Bertz CT molecular complexity index is 606. The fraction of sp³-hybridized carbons (Fsp3) is 0.600. The van der Waals surface area contributed by atoms with Crippen molar-refractivity contribution < 1.29 is 9.26 Å². The number of hydrogen-bond donors (Lipinski definition) is 1. The highest BCUT2D eigenvalue weighted by atomic mass is 32.1. The third-order valence-electron chi connectivity index (χ3n) is 3.91. The molecule has 0 fully saturated rings. The van der Waals surface area contributed by atoms with Crippen molar-refractivity contribution in [2.45, 2.75) is 44.6 Å². The fourth-order valence-electron chi connectivity index (χ4n) is 2.73. The molecule has 0 amide bonds. The van der Waals surface area contributed by atoms with Crippen molar-refractivity contribution >= 4 is 11.3 Å². The van der Waals surface area contributed by atoms with E-state index in [9.17, 15) is 0 Å². The van der Waals surface area contributed by atoms with Gasteiger partial charge >= 0.3 is 0 Å². The molecular formula is C15H21N3O2S. The first-order chi connectivity index (χ1) is 10.1. The number of ether oxygens (including phenoxy) is 1. The summed E-state index contributed by atoms with van der Waals surface area (Å²) in [7, 11) is 0. The van der Waals surface area contributed by atoms with E-state index in [1.165, 1.54) is 10.4 Å². The smallest absolute Gasteiger partial charge is 0.234 e. The van der Waals surface area contributed by atoms with Crippen LogP contribution in [0.4, 0.5) is 0 Å². The topological polar surface area (TPSA) is 74.2 Å². The van der Waals surface area contributed by atoms with E-state index in [0.29, 0.717) is 24.9 Å². The second-order valence-electron chi connectivity index (χ2n) is 5.75. The lowest BCUT2D eigenvalue weighted by Crippen LogP contribution is -2.39. The summed E-state index contributed by atoms with van der Waals surface area (Å²) in [6.07, 6.45) is 3.37. The number of aromatic nitrogens is 2. The summed E-state index contributed by atoms with van der Waals surface area (Å²) in [5.74, 6) is 1.41. The largest absolute Gasteiger partial charge is 0.379 e. The Morgan fingerprint density at radius 1 is 1.57 bits per heavy atom. The van der Waals surface area contributed by atoms with Crippen LogP contribution < -0.4 is 5.73 Å². The van der Waals surface area contributed by atoms with Crippen molar-refractivity contribution in [3.63, 3.8) is 0 Å². The van der Waals surface area contributed by atoms with Gasteiger partial charge in [-0.2, -0.15) is 4.98 Å². The van der Waals surface area contributed by atoms with E-state index < -0.39 is 5.54 Å². The highest BCUT2D eigenvalue weighted by Gasteiger charge is 2.32. The van der Waals surface area contributed by atoms with Gasteiger partial charge in [-0.15, -0.1) is 11.3 Å². The highest BCUT2D eigenvalue weighted by Crippen LogP contribution is 2.38. The van der Waals surface area contributed by atoms with Crippen LogP contribution >= 0.6 is 11.3 Å². The van der Waals surface area contributed by atoms with Crippen molar-refractivity contribution in [1.29, 1.82) is 0 Å². The van der Waals surface area contributed by atoms with Crippen LogP contribution in [0.5, 0.6) is 0 Å². The molecule has 0 aromatic carbocycles. The Morgan fingerprint density at radius 2 is 2.43 bits per heavy atom. The van der Waals surface area contributed by atoms with Crippen molar-refractivity contribution in [1.82, 2.24) is 10.1 Å². The van der Waals surface area contributed by atoms with Gasteiger partial charge in [0.1, 0.15) is 5.54 Å². The summed E-state index contributed by atoms with van der Waals surface area (Å²) < 4.78 is 10.9. The third kappa shape index (κ3) is 2.88. The van der Waals surface area contributed by atoms with E-state index in [-0.39, 0.29) is 5.92 Å². The number of nitrogens with two attached hydrogens (primary N) is 1. The van der Waals surface area contributed by atoms with E-state index in [2.05, 4.69) is 21.6 Å². The van der Waals surface area contributed by atoms with Crippen LogP contribution in [0.25, 0.3) is 0 Å². The Kier molecular flexibility index (Phi) is 4.10. The van der Waals surface area contributed by atoms with E-state index >= 15 is 0 Å². The van der Waals surface area contributed by atoms with Crippen LogP contribution in [0.1, 0.15) is 54.8 Å². The molecule has 2 atom stereocenters. The second-order valence-corrected chi connectivity index (χ2v) is 6.76. The van der Waals surface area contributed by atoms with Crippen LogP contribution in [0.15, 0.2) is 16.0 Å². The predicted octanol–water partition coefficient (Wildman–Crippen LogP) is 2.81. The molecule has 2 unspecified atom stereocenters. The number of nitrogens with zero attached hydrogens (tertiary/aromatic N) is 2. The Labute approximate surface area is 128 Å². The van der Waals surface area contributed by atoms with Gasteiger partial charge in [0, 0.05) is 11.5 Å². The van der Waals surface area contributed by atoms with Crippen LogP contribution in [-0.4, -0.2) is 23.4 Å². The van der Waals surface area contributed by atoms with Crippen molar-refractivity contribution in [2.75, 3.05) is 13.2 Å². The molecule has 0 spiro atoms. The third-order valence-corrected chi connectivity index (χ3v) is 4.91. The normalized spacial score (nSPS) is 21.0. The lowest BCUT2D eigenvalue weighted by molar-refractivity contribution is 0.0962. The molecule has 21 heavy (non-hydrogen) atoms.